The Hall–Kier alpha value is -3.71. The third kappa shape index (κ3) is 6.98. The van der Waals surface area contributed by atoms with Crippen LogP contribution in [0.2, 0.25) is 0 Å². The van der Waals surface area contributed by atoms with Crippen molar-refractivity contribution in [2.75, 3.05) is 19.8 Å². The van der Waals surface area contributed by atoms with Gasteiger partial charge in [0.1, 0.15) is 19.0 Å². The number of carbonyl (C=O) groups excluding carboxylic acids is 2. The number of rotatable bonds is 10. The van der Waals surface area contributed by atoms with Gasteiger partial charge in [-0.15, -0.1) is 0 Å². The van der Waals surface area contributed by atoms with Crippen molar-refractivity contribution < 1.29 is 23.8 Å². The molecule has 0 saturated carbocycles. The van der Waals surface area contributed by atoms with Crippen molar-refractivity contribution in [3.8, 4) is 17.2 Å². The molecular weight excluding hydrogens is 498 g/mol. The first-order valence-electron chi connectivity index (χ1n) is 12.7. The van der Waals surface area contributed by atoms with E-state index in [-0.39, 0.29) is 23.1 Å². The number of benzene rings is 3. The number of thioether (sulfide) groups is 1. The number of nitrogens with zero attached hydrogens (tertiary/aromatic N) is 1. The average Bonchev–Trinajstić information content (AvgIpc) is 3.15. The van der Waals surface area contributed by atoms with E-state index in [4.69, 9.17) is 14.2 Å². The Morgan fingerprint density at radius 3 is 2.24 bits per heavy atom. The van der Waals surface area contributed by atoms with Crippen LogP contribution in [-0.2, 0) is 16.8 Å². The first-order chi connectivity index (χ1) is 18.2. The van der Waals surface area contributed by atoms with E-state index in [1.54, 1.807) is 6.08 Å². The number of carbonyl (C=O) groups is 2. The first kappa shape index (κ1) is 27.3. The fourth-order valence-electron chi connectivity index (χ4n) is 3.92. The third-order valence-corrected chi connectivity index (χ3v) is 6.86. The van der Waals surface area contributed by atoms with Gasteiger partial charge in [-0.05, 0) is 71.1 Å². The largest absolute Gasteiger partial charge is 0.490 e. The van der Waals surface area contributed by atoms with Crippen LogP contribution in [0.3, 0.4) is 0 Å². The van der Waals surface area contributed by atoms with Crippen LogP contribution in [0.5, 0.6) is 17.2 Å². The highest BCUT2D eigenvalue weighted by atomic mass is 32.2. The van der Waals surface area contributed by atoms with Crippen LogP contribution < -0.4 is 14.2 Å². The quantitative estimate of drug-likeness (QED) is 0.206. The van der Waals surface area contributed by atoms with Gasteiger partial charge in [0.05, 0.1) is 18.1 Å². The molecule has 1 saturated heterocycles. The van der Waals surface area contributed by atoms with Crippen LogP contribution in [0.15, 0.2) is 77.7 Å². The molecule has 1 aliphatic rings. The van der Waals surface area contributed by atoms with E-state index in [0.717, 1.165) is 28.6 Å². The van der Waals surface area contributed by atoms with Crippen LogP contribution in [0.1, 0.15) is 44.4 Å². The molecule has 198 valence electrons. The molecular formula is C31H33NO5S. The summed E-state index contributed by atoms with van der Waals surface area (Å²) in [5.41, 5.74) is 3.01. The van der Waals surface area contributed by atoms with Gasteiger partial charge >= 0.3 is 0 Å². The van der Waals surface area contributed by atoms with E-state index in [0.29, 0.717) is 36.2 Å². The van der Waals surface area contributed by atoms with E-state index < -0.39 is 0 Å². The van der Waals surface area contributed by atoms with E-state index in [9.17, 15) is 9.59 Å². The lowest BCUT2D eigenvalue weighted by atomic mass is 9.87. The van der Waals surface area contributed by atoms with Crippen molar-refractivity contribution in [3.05, 3.63) is 94.4 Å². The Balaban J connectivity index is 1.37. The molecule has 7 heteroatoms. The van der Waals surface area contributed by atoms with E-state index >= 15 is 0 Å². The Morgan fingerprint density at radius 1 is 0.842 bits per heavy atom. The normalized spacial score (nSPS) is 14.7. The number of amides is 2. The second-order valence-electron chi connectivity index (χ2n) is 9.86. The molecule has 6 nitrogen and oxygen atoms in total. The molecule has 0 unspecified atom stereocenters. The highest BCUT2D eigenvalue weighted by Gasteiger charge is 2.35. The molecule has 1 aliphatic heterocycles. The van der Waals surface area contributed by atoms with Crippen LogP contribution in [0.4, 0.5) is 4.79 Å². The van der Waals surface area contributed by atoms with Gasteiger partial charge in [0.15, 0.2) is 11.5 Å². The summed E-state index contributed by atoms with van der Waals surface area (Å²) in [6.07, 6.45) is 1.71. The number of hydrogen-bond acceptors (Lipinski definition) is 6. The lowest BCUT2D eigenvalue weighted by Crippen LogP contribution is -2.27. The highest BCUT2D eigenvalue weighted by molar-refractivity contribution is 8.18. The molecule has 0 bridgehead atoms. The lowest BCUT2D eigenvalue weighted by Gasteiger charge is -2.19. The highest BCUT2D eigenvalue weighted by Crippen LogP contribution is 2.35. The van der Waals surface area contributed by atoms with Crippen LogP contribution in [0.25, 0.3) is 6.08 Å². The van der Waals surface area contributed by atoms with Gasteiger partial charge in [0.25, 0.3) is 11.1 Å². The van der Waals surface area contributed by atoms with Gasteiger partial charge in [-0.3, -0.25) is 14.5 Å². The van der Waals surface area contributed by atoms with Crippen LogP contribution >= 0.6 is 11.8 Å². The zero-order valence-corrected chi connectivity index (χ0v) is 23.0. The number of imide groups is 1. The predicted octanol–water partition coefficient (Wildman–Crippen LogP) is 7.08. The molecule has 2 amide bonds. The van der Waals surface area contributed by atoms with Crippen molar-refractivity contribution in [1.29, 1.82) is 0 Å². The Morgan fingerprint density at radius 2 is 1.55 bits per heavy atom. The average molecular weight is 532 g/mol. The molecule has 0 radical (unpaired) electrons. The zero-order valence-electron chi connectivity index (χ0n) is 22.2. The van der Waals surface area contributed by atoms with Crippen molar-refractivity contribution in [3.63, 3.8) is 0 Å². The van der Waals surface area contributed by atoms with E-state index in [2.05, 4.69) is 32.9 Å². The van der Waals surface area contributed by atoms with E-state index in [1.807, 2.05) is 67.6 Å². The summed E-state index contributed by atoms with van der Waals surface area (Å²) in [7, 11) is 0. The van der Waals surface area contributed by atoms with Crippen molar-refractivity contribution >= 4 is 29.0 Å². The Bertz CT molecular complexity index is 1300. The molecule has 0 aromatic heterocycles. The molecule has 3 aromatic carbocycles. The molecule has 0 aliphatic carbocycles. The Labute approximate surface area is 228 Å². The van der Waals surface area contributed by atoms with Crippen LogP contribution in [-0.4, -0.2) is 35.9 Å². The number of ether oxygens (including phenoxy) is 3. The summed E-state index contributed by atoms with van der Waals surface area (Å²) >= 11 is 0.946. The van der Waals surface area contributed by atoms with Crippen molar-refractivity contribution in [2.45, 2.75) is 39.7 Å². The summed E-state index contributed by atoms with van der Waals surface area (Å²) in [4.78, 5) is 27.1. The van der Waals surface area contributed by atoms with Gasteiger partial charge in [0, 0.05) is 0 Å². The molecule has 4 rings (SSSR count). The standard InChI is InChI=1S/C31H33NO5S/c1-5-35-27-19-23(20-28-29(33)32(30(34)38-28)21-22-9-7-6-8-10-22)11-16-26(27)37-18-17-36-25-14-12-24(13-15-25)31(2,3)4/h6-16,19-20H,5,17-18,21H2,1-4H3/b28-20-. The van der Waals surface area contributed by atoms with Gasteiger partial charge in [0.2, 0.25) is 0 Å². The second kappa shape index (κ2) is 12.2. The minimum absolute atomic E-state index is 0.0975. The summed E-state index contributed by atoms with van der Waals surface area (Å²) in [5.74, 6) is 1.66. The van der Waals surface area contributed by atoms with Gasteiger partial charge in [-0.25, -0.2) is 0 Å². The molecule has 1 heterocycles. The lowest BCUT2D eigenvalue weighted by molar-refractivity contribution is -0.123. The molecule has 0 spiro atoms. The topological polar surface area (TPSA) is 65.1 Å². The molecule has 1 fully saturated rings. The Kier molecular flexibility index (Phi) is 8.79. The molecule has 3 aromatic rings. The SMILES string of the molecule is CCOc1cc(/C=C2\SC(=O)N(Cc3ccccc3)C2=O)ccc1OCCOc1ccc(C(C)(C)C)cc1. The molecule has 0 atom stereocenters. The fourth-order valence-corrected chi connectivity index (χ4v) is 4.76. The third-order valence-electron chi connectivity index (χ3n) is 5.95. The zero-order chi connectivity index (χ0) is 27.1. The maximum absolute atomic E-state index is 12.9. The van der Waals surface area contributed by atoms with Gasteiger partial charge in [-0.2, -0.15) is 0 Å². The van der Waals surface area contributed by atoms with Crippen LogP contribution in [0, 0.1) is 0 Å². The number of hydrogen-bond donors (Lipinski definition) is 0. The van der Waals surface area contributed by atoms with Crippen molar-refractivity contribution in [2.24, 2.45) is 0 Å². The monoisotopic (exact) mass is 531 g/mol. The molecule has 0 N–H and O–H groups in total. The smallest absolute Gasteiger partial charge is 0.293 e. The molecule has 38 heavy (non-hydrogen) atoms. The summed E-state index contributed by atoms with van der Waals surface area (Å²) in [5, 5.41) is -0.275. The minimum Gasteiger partial charge on any atom is -0.490 e. The fraction of sp³-hybridized carbons (Fsp3) is 0.290. The van der Waals surface area contributed by atoms with E-state index in [1.165, 1.54) is 10.5 Å². The summed E-state index contributed by atoms with van der Waals surface area (Å²) in [6.45, 7) is 9.88. The van der Waals surface area contributed by atoms with Gasteiger partial charge < -0.3 is 14.2 Å². The second-order valence-corrected chi connectivity index (χ2v) is 10.9. The maximum atomic E-state index is 12.9. The summed E-state index contributed by atoms with van der Waals surface area (Å²) < 4.78 is 17.5. The minimum atomic E-state index is -0.296. The van der Waals surface area contributed by atoms with Crippen molar-refractivity contribution in [1.82, 2.24) is 4.90 Å². The maximum Gasteiger partial charge on any atom is 0.293 e. The summed E-state index contributed by atoms with van der Waals surface area (Å²) in [6, 6.07) is 23.1. The predicted molar refractivity (Wildman–Crippen MR) is 152 cm³/mol. The first-order valence-corrected chi connectivity index (χ1v) is 13.5. The van der Waals surface area contributed by atoms with Gasteiger partial charge in [-0.1, -0.05) is 69.3 Å².